The summed E-state index contributed by atoms with van der Waals surface area (Å²) in [5.74, 6) is 0.909. The van der Waals surface area contributed by atoms with Gasteiger partial charge in [-0.1, -0.05) is 13.8 Å². The molecule has 2 heterocycles. The molecule has 1 amide bonds. The van der Waals surface area contributed by atoms with Gasteiger partial charge < -0.3 is 5.32 Å². The summed E-state index contributed by atoms with van der Waals surface area (Å²) >= 11 is 0. The summed E-state index contributed by atoms with van der Waals surface area (Å²) < 4.78 is 0. The molecule has 2 atom stereocenters. The maximum Gasteiger partial charge on any atom is 0.220 e. The Morgan fingerprint density at radius 3 is 2.60 bits per heavy atom. The Morgan fingerprint density at radius 1 is 1.60 bits per heavy atom. The SMILES string of the molecule is CC1(C)[C@H]2CC(=O)N[C@@H]1C2. The van der Waals surface area contributed by atoms with Gasteiger partial charge in [0, 0.05) is 12.5 Å². The Kier molecular flexibility index (Phi) is 0.960. The van der Waals surface area contributed by atoms with Gasteiger partial charge in [0.25, 0.3) is 0 Å². The van der Waals surface area contributed by atoms with Crippen molar-refractivity contribution in [2.24, 2.45) is 11.3 Å². The van der Waals surface area contributed by atoms with Crippen LogP contribution in [0.2, 0.25) is 0 Å². The number of hydrogen-bond donors (Lipinski definition) is 1. The Balaban J connectivity index is 2.17. The van der Waals surface area contributed by atoms with E-state index in [1.807, 2.05) is 0 Å². The molecule has 2 heteroatoms. The summed E-state index contributed by atoms with van der Waals surface area (Å²) in [6.07, 6.45) is 1.96. The highest BCUT2D eigenvalue weighted by atomic mass is 16.1. The summed E-state index contributed by atoms with van der Waals surface area (Å²) in [6, 6.07) is 0.471. The largest absolute Gasteiger partial charge is 0.353 e. The zero-order valence-corrected chi connectivity index (χ0v) is 6.48. The molecule has 0 aromatic heterocycles. The summed E-state index contributed by atoms with van der Waals surface area (Å²) in [5, 5.41) is 3.00. The van der Waals surface area contributed by atoms with Crippen LogP contribution in [0.3, 0.4) is 0 Å². The third kappa shape index (κ3) is 0.568. The van der Waals surface area contributed by atoms with Gasteiger partial charge in [0.15, 0.2) is 0 Å². The summed E-state index contributed by atoms with van der Waals surface area (Å²) in [4.78, 5) is 10.9. The van der Waals surface area contributed by atoms with Crippen LogP contribution in [0.25, 0.3) is 0 Å². The van der Waals surface area contributed by atoms with Crippen molar-refractivity contribution in [1.82, 2.24) is 5.32 Å². The number of piperidine rings is 2. The highest BCUT2D eigenvalue weighted by Gasteiger charge is 2.52. The molecular formula is C8H13NO. The van der Waals surface area contributed by atoms with Gasteiger partial charge in [-0.05, 0) is 17.8 Å². The van der Waals surface area contributed by atoms with Gasteiger partial charge in [-0.2, -0.15) is 0 Å². The number of nitrogens with one attached hydrogen (secondary N) is 1. The number of carbonyl (C=O) groups excluding carboxylic acids is 1. The van der Waals surface area contributed by atoms with Crippen molar-refractivity contribution in [1.29, 1.82) is 0 Å². The van der Waals surface area contributed by atoms with Crippen molar-refractivity contribution >= 4 is 5.91 Å². The van der Waals surface area contributed by atoms with Crippen LogP contribution < -0.4 is 5.32 Å². The van der Waals surface area contributed by atoms with Crippen LogP contribution in [-0.2, 0) is 4.79 Å². The Labute approximate surface area is 61.0 Å². The third-order valence-electron chi connectivity index (χ3n) is 3.24. The second kappa shape index (κ2) is 1.55. The lowest BCUT2D eigenvalue weighted by atomic mass is 9.55. The van der Waals surface area contributed by atoms with E-state index in [9.17, 15) is 4.79 Å². The van der Waals surface area contributed by atoms with Crippen molar-refractivity contribution < 1.29 is 4.79 Å². The number of fused-ring (bicyclic) bond motifs is 2. The second-order valence-electron chi connectivity index (χ2n) is 4.08. The highest BCUT2D eigenvalue weighted by Crippen LogP contribution is 2.50. The monoisotopic (exact) mass is 139 g/mol. The first-order valence-electron chi connectivity index (χ1n) is 3.90. The van der Waals surface area contributed by atoms with Crippen LogP contribution in [0.15, 0.2) is 0 Å². The number of rotatable bonds is 0. The van der Waals surface area contributed by atoms with E-state index in [4.69, 9.17) is 0 Å². The molecule has 2 saturated heterocycles. The zero-order valence-electron chi connectivity index (χ0n) is 6.48. The van der Waals surface area contributed by atoms with E-state index in [-0.39, 0.29) is 5.91 Å². The minimum absolute atomic E-state index is 0.251. The van der Waals surface area contributed by atoms with Crippen LogP contribution >= 0.6 is 0 Å². The molecule has 10 heavy (non-hydrogen) atoms. The number of amides is 1. The smallest absolute Gasteiger partial charge is 0.220 e. The van der Waals surface area contributed by atoms with E-state index in [0.717, 1.165) is 6.42 Å². The van der Waals surface area contributed by atoms with Gasteiger partial charge in [-0.15, -0.1) is 0 Å². The maximum absolute atomic E-state index is 10.9. The molecule has 2 nitrogen and oxygen atoms in total. The van der Waals surface area contributed by atoms with Crippen molar-refractivity contribution in [3.05, 3.63) is 0 Å². The van der Waals surface area contributed by atoms with Gasteiger partial charge in [0.05, 0.1) is 0 Å². The van der Waals surface area contributed by atoms with Crippen LogP contribution in [0.4, 0.5) is 0 Å². The third-order valence-corrected chi connectivity index (χ3v) is 3.24. The Bertz CT molecular complexity index is 170. The van der Waals surface area contributed by atoms with Gasteiger partial charge in [-0.25, -0.2) is 0 Å². The first-order valence-corrected chi connectivity index (χ1v) is 3.90. The average Bonchev–Trinajstić information content (AvgIpc) is 1.87. The van der Waals surface area contributed by atoms with Crippen LogP contribution in [0.1, 0.15) is 26.7 Å². The molecule has 56 valence electrons. The fourth-order valence-electron chi connectivity index (χ4n) is 2.08. The van der Waals surface area contributed by atoms with Crippen LogP contribution in [0, 0.1) is 11.3 Å². The van der Waals surface area contributed by atoms with Crippen molar-refractivity contribution in [2.75, 3.05) is 0 Å². The summed E-state index contributed by atoms with van der Waals surface area (Å²) in [5.41, 5.74) is 0.383. The first kappa shape index (κ1) is 6.20. The van der Waals surface area contributed by atoms with E-state index in [1.165, 1.54) is 6.42 Å². The summed E-state index contributed by atoms with van der Waals surface area (Å²) in [6.45, 7) is 4.48. The fourth-order valence-corrected chi connectivity index (χ4v) is 2.08. The molecule has 0 spiro atoms. The average molecular weight is 139 g/mol. The predicted octanol–water partition coefficient (Wildman–Crippen LogP) is 0.921. The lowest BCUT2D eigenvalue weighted by Gasteiger charge is -2.56. The standard InChI is InChI=1S/C8H13NO/c1-8(2)5-3-6(8)9-7(10)4-5/h5-6H,3-4H2,1-2H3,(H,9,10)/t5-,6-/m1/s1. The fraction of sp³-hybridized carbons (Fsp3) is 0.875. The molecular weight excluding hydrogens is 126 g/mol. The van der Waals surface area contributed by atoms with Crippen molar-refractivity contribution in [3.63, 3.8) is 0 Å². The first-order chi connectivity index (χ1) is 4.60. The van der Waals surface area contributed by atoms with Gasteiger partial charge in [-0.3, -0.25) is 4.79 Å². The van der Waals surface area contributed by atoms with E-state index >= 15 is 0 Å². The molecule has 2 bridgehead atoms. The molecule has 3 aliphatic rings. The molecule has 3 fully saturated rings. The van der Waals surface area contributed by atoms with E-state index in [2.05, 4.69) is 19.2 Å². The summed E-state index contributed by atoms with van der Waals surface area (Å²) in [7, 11) is 0. The van der Waals surface area contributed by atoms with Gasteiger partial charge >= 0.3 is 0 Å². The lowest BCUT2D eigenvalue weighted by molar-refractivity contribution is -0.138. The lowest BCUT2D eigenvalue weighted by Crippen LogP contribution is -2.63. The predicted molar refractivity (Wildman–Crippen MR) is 38.4 cm³/mol. The molecule has 0 unspecified atom stereocenters. The maximum atomic E-state index is 10.9. The van der Waals surface area contributed by atoms with Crippen LogP contribution in [0.5, 0.6) is 0 Å². The van der Waals surface area contributed by atoms with Crippen molar-refractivity contribution in [2.45, 2.75) is 32.7 Å². The molecule has 3 rings (SSSR count). The molecule has 1 N–H and O–H groups in total. The number of hydrogen-bond acceptors (Lipinski definition) is 1. The molecule has 1 aliphatic carbocycles. The molecule has 2 aliphatic heterocycles. The number of carbonyl (C=O) groups is 1. The molecule has 0 aromatic rings. The van der Waals surface area contributed by atoms with Gasteiger partial charge in [0.1, 0.15) is 0 Å². The Hall–Kier alpha value is -0.530. The Morgan fingerprint density at radius 2 is 2.30 bits per heavy atom. The minimum Gasteiger partial charge on any atom is -0.353 e. The molecule has 1 saturated carbocycles. The van der Waals surface area contributed by atoms with E-state index < -0.39 is 0 Å². The second-order valence-corrected chi connectivity index (χ2v) is 4.08. The quantitative estimate of drug-likeness (QED) is 0.531. The molecule has 0 aromatic carbocycles. The van der Waals surface area contributed by atoms with Crippen LogP contribution in [-0.4, -0.2) is 11.9 Å². The van der Waals surface area contributed by atoms with E-state index in [0.29, 0.717) is 17.4 Å². The highest BCUT2D eigenvalue weighted by molar-refractivity contribution is 5.79. The van der Waals surface area contributed by atoms with Crippen molar-refractivity contribution in [3.8, 4) is 0 Å². The van der Waals surface area contributed by atoms with E-state index in [1.54, 1.807) is 0 Å². The topological polar surface area (TPSA) is 29.1 Å². The molecule has 0 radical (unpaired) electrons. The minimum atomic E-state index is 0.251. The zero-order chi connectivity index (χ0) is 7.35. The normalized spacial score (nSPS) is 42.0. The van der Waals surface area contributed by atoms with Gasteiger partial charge in [0.2, 0.25) is 5.91 Å².